The van der Waals surface area contributed by atoms with Crippen LogP contribution >= 0.6 is 0 Å². The number of nitrogens with zero attached hydrogens (tertiary/aromatic N) is 2. The zero-order chi connectivity index (χ0) is 31.7. The molecular weight excluding hydrogens is 585 g/mol. The first-order chi connectivity index (χ1) is 19.3. The van der Waals surface area contributed by atoms with Gasteiger partial charge in [-0.1, -0.05) is 26.8 Å². The Balaban J connectivity index is 1.94. The van der Waals surface area contributed by atoms with Crippen LogP contribution in [0.2, 0.25) is 0 Å². The summed E-state index contributed by atoms with van der Waals surface area (Å²) in [7, 11) is -3.26. The molecule has 1 saturated carbocycles. The normalized spacial score (nSPS) is 19.9. The molecule has 1 fully saturated rings. The number of ether oxygens (including phenoxy) is 1. The Bertz CT molecular complexity index is 1450. The minimum absolute atomic E-state index is 0.0436. The third kappa shape index (κ3) is 7.42. The Kier molecular flexibility index (Phi) is 9.68. The first-order valence-electron chi connectivity index (χ1n) is 13.2. The van der Waals surface area contributed by atoms with Crippen LogP contribution in [0.5, 0.6) is 5.75 Å². The number of carbonyl (C=O) groups is 1. The number of aryl methyl sites for hydroxylation is 1. The minimum atomic E-state index is -4.55. The second-order valence-electron chi connectivity index (χ2n) is 11.2. The highest BCUT2D eigenvalue weighted by Gasteiger charge is 2.47. The molecule has 0 spiro atoms. The molecule has 1 aliphatic rings. The fraction of sp³-hybridized carbons (Fsp3) is 0.571. The van der Waals surface area contributed by atoms with E-state index < -0.39 is 57.0 Å². The molecule has 2 N–H and O–H groups in total. The standard InChI is InChI=1S/C28H34F5N3O5S/c1-6-19-23(24(37)34-16-27(38)12-10-18(11-13-27)42(5,39)40)35-22(7-2)36(19)20-9-8-17(14-21(20)41-25(29)30)15-26(3,4)28(31,32)33/h1,8-9,14,18,25,38H,7,10-13,15-16H2,2-5H3,(H,34,37). The van der Waals surface area contributed by atoms with Gasteiger partial charge in [-0.2, -0.15) is 22.0 Å². The Labute approximate surface area is 241 Å². The van der Waals surface area contributed by atoms with Crippen molar-refractivity contribution >= 4 is 15.7 Å². The molecule has 42 heavy (non-hydrogen) atoms. The number of sulfone groups is 1. The van der Waals surface area contributed by atoms with Crippen LogP contribution in [0.15, 0.2) is 18.2 Å². The van der Waals surface area contributed by atoms with Crippen molar-refractivity contribution in [3.05, 3.63) is 41.0 Å². The third-order valence-electron chi connectivity index (χ3n) is 7.56. The van der Waals surface area contributed by atoms with Gasteiger partial charge in [0.05, 0.1) is 22.0 Å². The number of nitrogens with one attached hydrogen (secondary N) is 1. The van der Waals surface area contributed by atoms with E-state index in [4.69, 9.17) is 6.42 Å². The molecule has 1 aliphatic carbocycles. The summed E-state index contributed by atoms with van der Waals surface area (Å²) >= 11 is 0. The maximum Gasteiger partial charge on any atom is 0.394 e. The Morgan fingerprint density at radius 3 is 2.40 bits per heavy atom. The number of benzene rings is 1. The van der Waals surface area contributed by atoms with Crippen LogP contribution < -0.4 is 10.1 Å². The number of amides is 1. The number of imidazole rings is 1. The van der Waals surface area contributed by atoms with Gasteiger partial charge in [-0.25, -0.2) is 13.4 Å². The second kappa shape index (κ2) is 12.2. The van der Waals surface area contributed by atoms with Crippen molar-refractivity contribution in [2.24, 2.45) is 5.41 Å². The van der Waals surface area contributed by atoms with Crippen molar-refractivity contribution in [2.45, 2.75) is 82.9 Å². The van der Waals surface area contributed by atoms with E-state index in [9.17, 15) is 40.3 Å². The highest BCUT2D eigenvalue weighted by atomic mass is 32.2. The highest BCUT2D eigenvalue weighted by molar-refractivity contribution is 7.91. The van der Waals surface area contributed by atoms with Crippen molar-refractivity contribution in [1.29, 1.82) is 0 Å². The van der Waals surface area contributed by atoms with E-state index in [1.165, 1.54) is 16.7 Å². The third-order valence-corrected chi connectivity index (χ3v) is 9.24. The number of terminal acetylenes is 1. The Morgan fingerprint density at radius 2 is 1.90 bits per heavy atom. The topological polar surface area (TPSA) is 111 Å². The van der Waals surface area contributed by atoms with E-state index in [0.717, 1.165) is 26.2 Å². The summed E-state index contributed by atoms with van der Waals surface area (Å²) < 4.78 is 96.7. The first-order valence-corrected chi connectivity index (χ1v) is 15.2. The van der Waals surface area contributed by atoms with Crippen molar-refractivity contribution in [1.82, 2.24) is 14.9 Å². The van der Waals surface area contributed by atoms with Gasteiger partial charge < -0.3 is 15.2 Å². The lowest BCUT2D eigenvalue weighted by Gasteiger charge is -2.35. The van der Waals surface area contributed by atoms with Gasteiger partial charge >= 0.3 is 12.8 Å². The number of alkyl halides is 5. The van der Waals surface area contributed by atoms with Gasteiger partial charge in [0.2, 0.25) is 0 Å². The molecule has 14 heteroatoms. The maximum absolute atomic E-state index is 13.5. The van der Waals surface area contributed by atoms with Crippen LogP contribution in [0, 0.1) is 17.8 Å². The van der Waals surface area contributed by atoms with E-state index >= 15 is 0 Å². The van der Waals surface area contributed by atoms with Crippen LogP contribution in [-0.4, -0.2) is 65.4 Å². The molecule has 2 aromatic rings. The molecule has 0 radical (unpaired) electrons. The molecule has 1 heterocycles. The number of hydrogen-bond donors (Lipinski definition) is 2. The molecule has 232 valence electrons. The number of halogens is 5. The zero-order valence-corrected chi connectivity index (χ0v) is 24.5. The largest absolute Gasteiger partial charge is 0.433 e. The summed E-state index contributed by atoms with van der Waals surface area (Å²) in [5.41, 5.74) is -3.79. The van der Waals surface area contributed by atoms with Crippen molar-refractivity contribution in [2.75, 3.05) is 12.8 Å². The van der Waals surface area contributed by atoms with E-state index in [1.54, 1.807) is 6.92 Å². The predicted octanol–water partition coefficient (Wildman–Crippen LogP) is 4.60. The van der Waals surface area contributed by atoms with Crippen molar-refractivity contribution in [3.8, 4) is 23.8 Å². The van der Waals surface area contributed by atoms with E-state index in [-0.39, 0.29) is 67.1 Å². The van der Waals surface area contributed by atoms with Crippen molar-refractivity contribution < 1.29 is 45.0 Å². The molecule has 3 rings (SSSR count). The van der Waals surface area contributed by atoms with Crippen LogP contribution in [0.4, 0.5) is 22.0 Å². The van der Waals surface area contributed by atoms with Gasteiger partial charge in [0.15, 0.2) is 5.69 Å². The van der Waals surface area contributed by atoms with Crippen molar-refractivity contribution in [3.63, 3.8) is 0 Å². The number of rotatable bonds is 10. The van der Waals surface area contributed by atoms with Crippen LogP contribution in [-0.2, 0) is 22.7 Å². The van der Waals surface area contributed by atoms with E-state index in [0.29, 0.717) is 0 Å². The lowest BCUT2D eigenvalue weighted by molar-refractivity contribution is -0.211. The van der Waals surface area contributed by atoms with E-state index in [1.807, 2.05) is 0 Å². The SMILES string of the molecule is C#Cc1c(C(=O)NCC2(O)CCC(S(C)(=O)=O)CC2)nc(CC)n1-c1ccc(CC(C)(C)C(F)(F)F)cc1OC(F)F. The number of carbonyl (C=O) groups excluding carboxylic acids is 1. The first kappa shape index (κ1) is 33.3. The van der Waals surface area contributed by atoms with Gasteiger partial charge in [0.25, 0.3) is 5.91 Å². The monoisotopic (exact) mass is 619 g/mol. The Hall–Kier alpha value is -3.18. The lowest BCUT2D eigenvalue weighted by atomic mass is 9.84. The Morgan fingerprint density at radius 1 is 1.29 bits per heavy atom. The second-order valence-corrected chi connectivity index (χ2v) is 13.6. The summed E-state index contributed by atoms with van der Waals surface area (Å²) in [4.78, 5) is 17.5. The lowest BCUT2D eigenvalue weighted by Crippen LogP contribution is -2.47. The molecule has 1 amide bonds. The fourth-order valence-electron chi connectivity index (χ4n) is 4.97. The summed E-state index contributed by atoms with van der Waals surface area (Å²) in [6.07, 6.45) is 2.75. The molecule has 8 nitrogen and oxygen atoms in total. The average molecular weight is 620 g/mol. The van der Waals surface area contributed by atoms with Gasteiger partial charge in [-0.05, 0) is 55.7 Å². The van der Waals surface area contributed by atoms with E-state index in [2.05, 4.69) is 21.0 Å². The van der Waals surface area contributed by atoms with Gasteiger partial charge in [-0.15, -0.1) is 6.42 Å². The molecule has 0 atom stereocenters. The molecule has 0 aliphatic heterocycles. The molecule has 0 unspecified atom stereocenters. The molecule has 1 aromatic carbocycles. The molecule has 0 bridgehead atoms. The number of aromatic nitrogens is 2. The zero-order valence-electron chi connectivity index (χ0n) is 23.7. The fourth-order valence-corrected chi connectivity index (χ4v) is 6.06. The van der Waals surface area contributed by atoms with Gasteiger partial charge in [-0.3, -0.25) is 9.36 Å². The van der Waals surface area contributed by atoms with Gasteiger partial charge in [0.1, 0.15) is 27.1 Å². The summed E-state index contributed by atoms with van der Waals surface area (Å²) in [6.45, 7) is 0.157. The van der Waals surface area contributed by atoms with Gasteiger partial charge in [0, 0.05) is 19.2 Å². The molecule has 1 aromatic heterocycles. The maximum atomic E-state index is 13.5. The number of aliphatic hydroxyl groups is 1. The minimum Gasteiger partial charge on any atom is -0.433 e. The summed E-state index contributed by atoms with van der Waals surface area (Å²) in [5.74, 6) is 1.33. The van der Waals surface area contributed by atoms with Crippen LogP contribution in [0.3, 0.4) is 0 Å². The molecular formula is C28H34F5N3O5S. The molecule has 0 saturated heterocycles. The summed E-state index contributed by atoms with van der Waals surface area (Å²) in [6, 6.07) is 3.70. The summed E-state index contributed by atoms with van der Waals surface area (Å²) in [5, 5.41) is 12.9. The highest BCUT2D eigenvalue weighted by Crippen LogP contribution is 2.41. The quantitative estimate of drug-likeness (QED) is 0.297. The van der Waals surface area contributed by atoms with Crippen LogP contribution in [0.1, 0.15) is 74.0 Å². The van der Waals surface area contributed by atoms with Crippen LogP contribution in [0.25, 0.3) is 5.69 Å². The predicted molar refractivity (Wildman–Crippen MR) is 145 cm³/mol. The smallest absolute Gasteiger partial charge is 0.394 e. The average Bonchev–Trinajstić information content (AvgIpc) is 3.24. The number of hydrogen-bond acceptors (Lipinski definition) is 6.